The third kappa shape index (κ3) is 20.5. The number of nitrogens with zero attached hydrogens (tertiary/aromatic N) is 5. The van der Waals surface area contributed by atoms with Gasteiger partial charge in [0.15, 0.2) is 0 Å². The molecule has 5 heterocycles. The highest BCUT2D eigenvalue weighted by atomic mass is 35.5. The lowest BCUT2D eigenvalue weighted by atomic mass is 10.0. The first-order chi connectivity index (χ1) is 57.9. The Labute approximate surface area is 752 Å². The normalized spacial score (nSPS) is 16.1. The molecule has 5 amide bonds. The lowest BCUT2D eigenvalue weighted by Gasteiger charge is -2.22. The maximum absolute atomic E-state index is 12.8. The van der Waals surface area contributed by atoms with Gasteiger partial charge in [0, 0.05) is 83.0 Å². The molecule has 10 aromatic carbocycles. The van der Waals surface area contributed by atoms with Crippen LogP contribution in [-0.2, 0) is 116 Å². The number of hydrogen-bond donors (Lipinski definition) is 2. The molecule has 5 atom stereocenters. The van der Waals surface area contributed by atoms with Crippen LogP contribution in [0.5, 0.6) is 0 Å². The third-order valence-electron chi connectivity index (χ3n) is 22.6. The van der Waals surface area contributed by atoms with Crippen molar-refractivity contribution in [3.63, 3.8) is 0 Å². The lowest BCUT2D eigenvalue weighted by Crippen LogP contribution is -2.29. The molecule has 0 radical (unpaired) electrons. The molecule has 0 saturated heterocycles. The Bertz CT molecular complexity index is 5090. The molecular formula is C93H85Cl10N5O13. The monoisotopic (exact) mass is 1830 g/mol. The van der Waals surface area contributed by atoms with Crippen LogP contribution >= 0.6 is 116 Å². The maximum atomic E-state index is 12.8. The van der Waals surface area contributed by atoms with Gasteiger partial charge in [0.2, 0.25) is 29.5 Å². The van der Waals surface area contributed by atoms with Gasteiger partial charge >= 0.3 is 17.9 Å². The minimum atomic E-state index is -0.396. The van der Waals surface area contributed by atoms with Crippen molar-refractivity contribution >= 4 is 163 Å². The average molecular weight is 1840 g/mol. The number of carbonyl (C=O) groups excluding carboxylic acids is 8. The minimum Gasteiger partial charge on any atom is -0.465 e. The molecule has 0 spiro atoms. The lowest BCUT2D eigenvalue weighted by molar-refractivity contribution is -0.133. The Morgan fingerprint density at radius 1 is 0.273 bits per heavy atom. The summed E-state index contributed by atoms with van der Waals surface area (Å²) >= 11 is 61.7. The van der Waals surface area contributed by atoms with E-state index in [2.05, 4.69) is 0 Å². The molecule has 2 N–H and O–H groups in total. The summed E-state index contributed by atoms with van der Waals surface area (Å²) in [6, 6.07) is 53.6. The molecule has 121 heavy (non-hydrogen) atoms. The summed E-state index contributed by atoms with van der Waals surface area (Å²) in [7, 11) is 4.05. The second kappa shape index (κ2) is 41.3. The molecule has 0 saturated carbocycles. The Morgan fingerprint density at radius 2 is 0.438 bits per heavy atom. The number of halogens is 10. The van der Waals surface area contributed by atoms with Crippen molar-refractivity contribution in [1.29, 1.82) is 0 Å². The van der Waals surface area contributed by atoms with Crippen molar-refractivity contribution in [1.82, 2.24) is 24.5 Å². The number of aliphatic hydroxyl groups excluding tert-OH is 2. The molecule has 0 fully saturated rings. The van der Waals surface area contributed by atoms with E-state index >= 15 is 0 Å². The highest BCUT2D eigenvalue weighted by molar-refractivity contribution is 6.39. The summed E-state index contributed by atoms with van der Waals surface area (Å²) in [5, 5.41) is 23.8. The van der Waals surface area contributed by atoms with E-state index in [-0.39, 0.29) is 105 Å². The van der Waals surface area contributed by atoms with Crippen molar-refractivity contribution in [2.24, 2.45) is 0 Å². The van der Waals surface area contributed by atoms with Crippen molar-refractivity contribution in [3.05, 3.63) is 343 Å². The fourth-order valence-corrected chi connectivity index (χ4v) is 18.5. The van der Waals surface area contributed by atoms with Gasteiger partial charge in [-0.2, -0.15) is 0 Å². The Balaban J connectivity index is 0.000000148. The number of ether oxygens (including phenoxy) is 3. The van der Waals surface area contributed by atoms with E-state index in [9.17, 15) is 48.6 Å². The average Bonchev–Trinajstić information content (AvgIpc) is 1.62. The van der Waals surface area contributed by atoms with Crippen LogP contribution in [0.4, 0.5) is 0 Å². The van der Waals surface area contributed by atoms with Crippen molar-refractivity contribution in [2.45, 2.75) is 143 Å². The van der Waals surface area contributed by atoms with E-state index in [4.69, 9.17) is 130 Å². The highest BCUT2D eigenvalue weighted by Crippen LogP contribution is 2.43. The number of benzene rings is 10. The zero-order valence-corrected chi connectivity index (χ0v) is 74.7. The molecule has 15 rings (SSSR count). The Hall–Kier alpha value is -9.22. The van der Waals surface area contributed by atoms with Crippen molar-refractivity contribution in [2.75, 3.05) is 21.3 Å². The quantitative estimate of drug-likeness (QED) is 0.0721. The Kier molecular flexibility index (Phi) is 31.6. The van der Waals surface area contributed by atoms with Gasteiger partial charge in [-0.3, -0.25) is 24.0 Å². The van der Waals surface area contributed by atoms with E-state index in [1.807, 2.05) is 99.0 Å². The molecule has 0 bridgehead atoms. The van der Waals surface area contributed by atoms with Crippen molar-refractivity contribution in [3.8, 4) is 0 Å². The molecule has 630 valence electrons. The molecule has 5 aliphatic rings. The summed E-state index contributed by atoms with van der Waals surface area (Å²) < 4.78 is 14.5. The standard InChI is InChI=1S/3C19H17Cl2NO3.2C18H17Cl2NO2/c3*1-11-12-5-3-6-13(19(24)25-2)15(12)10-22(11)18(23)9-14-16(20)7-4-8-17(14)21;2*1-11-13-5-2-4-12(10-22)15(13)9-21(11)18(23)8-14-16(19)6-3-7-17(14)20/h3*3-8,11H,9-10H2,1-2H3;2*2-7,11,22H,8-10H2,1H3/t2*11-;;2*11-/m10.10/s1. The zero-order chi connectivity index (χ0) is 87.5. The Morgan fingerprint density at radius 3 is 0.620 bits per heavy atom. The smallest absolute Gasteiger partial charge is 0.338 e. The van der Waals surface area contributed by atoms with E-state index < -0.39 is 17.9 Å². The van der Waals surface area contributed by atoms with Crippen LogP contribution in [0, 0.1) is 0 Å². The molecule has 0 aliphatic carbocycles. The molecular weight excluding hydrogens is 1750 g/mol. The van der Waals surface area contributed by atoms with Gasteiger partial charge in [-0.15, -0.1) is 0 Å². The number of aliphatic hydroxyl groups is 2. The van der Waals surface area contributed by atoms with Gasteiger partial charge in [0.25, 0.3) is 0 Å². The predicted molar refractivity (Wildman–Crippen MR) is 474 cm³/mol. The number of rotatable bonds is 15. The van der Waals surface area contributed by atoms with Crippen LogP contribution in [0.25, 0.3) is 0 Å². The van der Waals surface area contributed by atoms with Gasteiger partial charge in [-0.1, -0.05) is 219 Å². The fourth-order valence-electron chi connectivity index (χ4n) is 15.9. The second-order valence-corrected chi connectivity index (χ2v) is 33.3. The van der Waals surface area contributed by atoms with Crippen LogP contribution in [0.3, 0.4) is 0 Å². The summed E-state index contributed by atoms with van der Waals surface area (Å²) in [6.07, 6.45) is 0.690. The van der Waals surface area contributed by atoms with Crippen LogP contribution in [0.1, 0.15) is 190 Å². The van der Waals surface area contributed by atoms with E-state index in [0.29, 0.717) is 127 Å². The number of hydrogen-bond acceptors (Lipinski definition) is 13. The van der Waals surface area contributed by atoms with Crippen molar-refractivity contribution < 1.29 is 62.8 Å². The highest BCUT2D eigenvalue weighted by Gasteiger charge is 2.39. The summed E-state index contributed by atoms with van der Waals surface area (Å²) in [5.74, 6) is -1.49. The van der Waals surface area contributed by atoms with Crippen LogP contribution in [0.15, 0.2) is 182 Å². The van der Waals surface area contributed by atoms with E-state index in [1.165, 1.54) is 21.3 Å². The summed E-state index contributed by atoms with van der Waals surface area (Å²) in [5.41, 5.74) is 16.1. The number of amides is 5. The largest absolute Gasteiger partial charge is 0.465 e. The molecule has 28 heteroatoms. The van der Waals surface area contributed by atoms with Crippen LogP contribution < -0.4 is 0 Å². The molecule has 18 nitrogen and oxygen atoms in total. The van der Waals surface area contributed by atoms with Gasteiger partial charge in [-0.25, -0.2) is 14.4 Å². The topological polar surface area (TPSA) is 221 Å². The molecule has 0 aromatic heterocycles. The van der Waals surface area contributed by atoms with Gasteiger partial charge in [0.1, 0.15) is 0 Å². The fraction of sp³-hybridized carbons (Fsp3) is 0.269. The SMILES string of the molecule is COC(=O)c1cccc2c1CN(C(=O)Cc1c(Cl)cccc1Cl)C2C.COC(=O)c1cccc2c1CN(C(=O)Cc1c(Cl)cccc1Cl)[C@@H]2C.COC(=O)c1cccc2c1CN(C(=O)Cc1c(Cl)cccc1Cl)[C@H]2C.C[C@@H]1c2cccc(CO)c2CN1C(=O)Cc1c(Cl)cccc1Cl.C[C@H]1c2cccc(CO)c2CN1C(=O)Cc1c(Cl)cccc1Cl. The maximum Gasteiger partial charge on any atom is 0.338 e. The zero-order valence-electron chi connectivity index (χ0n) is 67.1. The number of esters is 3. The number of fused-ring (bicyclic) bond motifs is 5. The first kappa shape index (κ1) is 92.5. The minimum absolute atomic E-state index is 0.0196. The predicted octanol–water partition coefficient (Wildman–Crippen LogP) is 21.5. The summed E-state index contributed by atoms with van der Waals surface area (Å²) in [4.78, 5) is 109. The first-order valence-electron chi connectivity index (χ1n) is 38.5. The van der Waals surface area contributed by atoms with Gasteiger partial charge < -0.3 is 48.9 Å². The number of carbonyl (C=O) groups is 8. The van der Waals surface area contributed by atoms with Crippen LogP contribution in [0.2, 0.25) is 50.2 Å². The van der Waals surface area contributed by atoms with Gasteiger partial charge in [-0.05, 0) is 208 Å². The molecule has 1 unspecified atom stereocenters. The van der Waals surface area contributed by atoms with Crippen LogP contribution in [-0.4, -0.2) is 103 Å². The molecule has 5 aliphatic heterocycles. The van der Waals surface area contributed by atoms with E-state index in [1.54, 1.807) is 142 Å². The van der Waals surface area contributed by atoms with Gasteiger partial charge in [0.05, 0.1) is 114 Å². The van der Waals surface area contributed by atoms with E-state index in [0.717, 1.165) is 66.8 Å². The molecule has 10 aromatic rings. The first-order valence-corrected chi connectivity index (χ1v) is 42.3. The third-order valence-corrected chi connectivity index (χ3v) is 26.1. The summed E-state index contributed by atoms with van der Waals surface area (Å²) in [6.45, 7) is 11.9. The second-order valence-electron chi connectivity index (χ2n) is 29.3. The number of methoxy groups -OCH3 is 3.